The maximum Gasteiger partial charge on any atom is 0.185 e. The Kier molecular flexibility index (Phi) is 6.20. The Hall–Kier alpha value is -1.47. The summed E-state index contributed by atoms with van der Waals surface area (Å²) in [5, 5.41) is 13.5. The molecule has 1 saturated heterocycles. The topological polar surface area (TPSA) is 42.8 Å². The fraction of sp³-hybridized carbons (Fsp3) is 0.500. The Bertz CT molecular complexity index is 584. The number of nitrogens with zero attached hydrogens (tertiary/aromatic N) is 4. The molecule has 0 bridgehead atoms. The fourth-order valence-corrected chi connectivity index (χ4v) is 3.87. The number of hydrogen-bond acceptors (Lipinski definition) is 6. The van der Waals surface area contributed by atoms with Gasteiger partial charge in [0.05, 0.1) is 6.10 Å². The first kappa shape index (κ1) is 17.4. The third kappa shape index (κ3) is 5.01. The zero-order chi connectivity index (χ0) is 16.8. The molecule has 6 heteroatoms. The van der Waals surface area contributed by atoms with Crippen LogP contribution < -0.4 is 4.90 Å². The fourth-order valence-electron chi connectivity index (χ4n) is 3.17. The van der Waals surface area contributed by atoms with Crippen molar-refractivity contribution in [1.29, 1.82) is 0 Å². The maximum atomic E-state index is 10.4. The zero-order valence-electron chi connectivity index (χ0n) is 14.2. The molecule has 130 valence electrons. The lowest BCUT2D eigenvalue weighted by atomic mass is 10.2. The average Bonchev–Trinajstić information content (AvgIpc) is 3.10. The largest absolute Gasteiger partial charge is 0.390 e. The molecule has 24 heavy (non-hydrogen) atoms. The summed E-state index contributed by atoms with van der Waals surface area (Å²) < 4.78 is 0. The number of aromatic nitrogens is 1. The van der Waals surface area contributed by atoms with E-state index in [0.717, 1.165) is 44.4 Å². The van der Waals surface area contributed by atoms with Gasteiger partial charge in [-0.3, -0.25) is 9.80 Å². The van der Waals surface area contributed by atoms with E-state index in [2.05, 4.69) is 51.0 Å². The van der Waals surface area contributed by atoms with Crippen molar-refractivity contribution >= 4 is 16.5 Å². The molecule has 1 aliphatic heterocycles. The molecular weight excluding hydrogens is 320 g/mol. The molecule has 2 heterocycles. The highest BCUT2D eigenvalue weighted by Gasteiger charge is 2.21. The van der Waals surface area contributed by atoms with Crippen LogP contribution in [0.5, 0.6) is 0 Å². The smallest absolute Gasteiger partial charge is 0.185 e. The molecule has 0 spiro atoms. The molecule has 5 nitrogen and oxygen atoms in total. The van der Waals surface area contributed by atoms with Crippen molar-refractivity contribution in [2.45, 2.75) is 12.6 Å². The van der Waals surface area contributed by atoms with Crippen LogP contribution in [-0.4, -0.2) is 72.3 Å². The van der Waals surface area contributed by atoms with Crippen molar-refractivity contribution in [2.75, 3.05) is 51.2 Å². The van der Waals surface area contributed by atoms with E-state index in [4.69, 9.17) is 0 Å². The van der Waals surface area contributed by atoms with Gasteiger partial charge in [0.2, 0.25) is 0 Å². The van der Waals surface area contributed by atoms with Gasteiger partial charge < -0.3 is 10.0 Å². The zero-order valence-corrected chi connectivity index (χ0v) is 15.0. The molecule has 1 aliphatic rings. The molecular formula is C18H26N4OS. The van der Waals surface area contributed by atoms with Gasteiger partial charge in [-0.2, -0.15) is 0 Å². The normalized spacial score (nSPS) is 17.4. The molecule has 0 saturated carbocycles. The van der Waals surface area contributed by atoms with Gasteiger partial charge in [0.25, 0.3) is 0 Å². The van der Waals surface area contributed by atoms with E-state index < -0.39 is 0 Å². The second kappa shape index (κ2) is 8.58. The minimum Gasteiger partial charge on any atom is -0.390 e. The number of piperazine rings is 1. The van der Waals surface area contributed by atoms with E-state index >= 15 is 0 Å². The first-order valence-corrected chi connectivity index (χ1v) is 9.36. The molecule has 2 aromatic rings. The minimum atomic E-state index is -0.315. The first-order chi connectivity index (χ1) is 11.7. The highest BCUT2D eigenvalue weighted by Crippen LogP contribution is 2.18. The van der Waals surface area contributed by atoms with Gasteiger partial charge in [0.15, 0.2) is 5.13 Å². The van der Waals surface area contributed by atoms with Crippen LogP contribution in [0.15, 0.2) is 41.9 Å². The van der Waals surface area contributed by atoms with Gasteiger partial charge in [-0.1, -0.05) is 30.3 Å². The molecule has 0 amide bonds. The van der Waals surface area contributed by atoms with E-state index in [0.29, 0.717) is 6.54 Å². The summed E-state index contributed by atoms with van der Waals surface area (Å²) in [5.41, 5.74) is 1.28. The summed E-state index contributed by atoms with van der Waals surface area (Å²) in [7, 11) is 2.07. The number of anilines is 1. The lowest BCUT2D eigenvalue weighted by molar-refractivity contribution is 0.0776. The standard InChI is InChI=1S/C18H26N4OS/c1-20(13-16-5-3-2-4-6-16)14-17(23)15-21-8-10-22(11-9-21)18-19-7-12-24-18/h2-7,12,17,23H,8-11,13-15H2,1H3/t17-/m0/s1. The third-order valence-electron chi connectivity index (χ3n) is 4.35. The van der Waals surface area contributed by atoms with Crippen molar-refractivity contribution in [3.8, 4) is 0 Å². The molecule has 0 unspecified atom stereocenters. The summed E-state index contributed by atoms with van der Waals surface area (Å²) >= 11 is 1.69. The van der Waals surface area contributed by atoms with Crippen LogP contribution in [0.25, 0.3) is 0 Å². The van der Waals surface area contributed by atoms with Crippen LogP contribution in [0.1, 0.15) is 5.56 Å². The van der Waals surface area contributed by atoms with Crippen molar-refractivity contribution in [3.63, 3.8) is 0 Å². The summed E-state index contributed by atoms with van der Waals surface area (Å²) in [6.07, 6.45) is 1.55. The Morgan fingerprint density at radius 2 is 1.96 bits per heavy atom. The van der Waals surface area contributed by atoms with Crippen LogP contribution >= 0.6 is 11.3 Å². The summed E-state index contributed by atoms with van der Waals surface area (Å²) in [5.74, 6) is 0. The second-order valence-corrected chi connectivity index (χ2v) is 7.31. The van der Waals surface area contributed by atoms with Gasteiger partial charge in [0, 0.05) is 57.4 Å². The van der Waals surface area contributed by atoms with E-state index in [1.54, 1.807) is 11.3 Å². The SMILES string of the molecule is CN(Cc1ccccc1)C[C@H](O)CN1CCN(c2nccs2)CC1. The highest BCUT2D eigenvalue weighted by molar-refractivity contribution is 7.13. The Morgan fingerprint density at radius 1 is 1.21 bits per heavy atom. The van der Waals surface area contributed by atoms with Crippen LogP contribution in [0.2, 0.25) is 0 Å². The lowest BCUT2D eigenvalue weighted by Gasteiger charge is -2.36. The number of likely N-dealkylation sites (N-methyl/N-ethyl adjacent to an activating group) is 1. The number of thiazole rings is 1. The molecule has 1 aromatic heterocycles. The maximum absolute atomic E-state index is 10.4. The summed E-state index contributed by atoms with van der Waals surface area (Å²) in [6, 6.07) is 10.4. The predicted molar refractivity (Wildman–Crippen MR) is 99.5 cm³/mol. The molecule has 0 radical (unpaired) electrons. The van der Waals surface area contributed by atoms with Crippen LogP contribution in [0, 0.1) is 0 Å². The van der Waals surface area contributed by atoms with Crippen LogP contribution in [-0.2, 0) is 6.54 Å². The summed E-state index contributed by atoms with van der Waals surface area (Å²) in [4.78, 5) is 11.2. The van der Waals surface area contributed by atoms with Crippen molar-refractivity contribution in [2.24, 2.45) is 0 Å². The van der Waals surface area contributed by atoms with Gasteiger partial charge >= 0.3 is 0 Å². The van der Waals surface area contributed by atoms with Crippen LogP contribution in [0.3, 0.4) is 0 Å². The number of aliphatic hydroxyl groups excluding tert-OH is 1. The number of β-amino-alcohol motifs (C(OH)–C–C–N with tert-alkyl or cyclic N) is 1. The van der Waals surface area contributed by atoms with Gasteiger partial charge in [-0.15, -0.1) is 11.3 Å². The number of aliphatic hydroxyl groups is 1. The van der Waals surface area contributed by atoms with E-state index in [1.807, 2.05) is 17.6 Å². The minimum absolute atomic E-state index is 0.315. The lowest BCUT2D eigenvalue weighted by Crippen LogP contribution is -2.49. The Morgan fingerprint density at radius 3 is 2.62 bits per heavy atom. The van der Waals surface area contributed by atoms with Gasteiger partial charge in [-0.05, 0) is 12.6 Å². The monoisotopic (exact) mass is 346 g/mol. The molecule has 1 atom stereocenters. The van der Waals surface area contributed by atoms with E-state index in [-0.39, 0.29) is 6.10 Å². The first-order valence-electron chi connectivity index (χ1n) is 8.48. The summed E-state index contributed by atoms with van der Waals surface area (Å²) in [6.45, 7) is 6.25. The molecule has 1 aromatic carbocycles. The van der Waals surface area contributed by atoms with Crippen LogP contribution in [0.4, 0.5) is 5.13 Å². The highest BCUT2D eigenvalue weighted by atomic mass is 32.1. The second-order valence-electron chi connectivity index (χ2n) is 6.44. The van der Waals surface area contributed by atoms with Crippen molar-refractivity contribution < 1.29 is 5.11 Å². The number of hydrogen-bond donors (Lipinski definition) is 1. The quantitative estimate of drug-likeness (QED) is 0.827. The number of benzene rings is 1. The third-order valence-corrected chi connectivity index (χ3v) is 5.18. The Labute approximate surface area is 148 Å². The Balaban J connectivity index is 1.38. The molecule has 1 N–H and O–H groups in total. The van der Waals surface area contributed by atoms with E-state index in [1.165, 1.54) is 5.56 Å². The van der Waals surface area contributed by atoms with Gasteiger partial charge in [0.1, 0.15) is 0 Å². The molecule has 3 rings (SSSR count). The average molecular weight is 346 g/mol. The van der Waals surface area contributed by atoms with Crippen molar-refractivity contribution in [3.05, 3.63) is 47.5 Å². The van der Waals surface area contributed by atoms with E-state index in [9.17, 15) is 5.11 Å². The number of rotatable bonds is 7. The van der Waals surface area contributed by atoms with Crippen molar-refractivity contribution in [1.82, 2.24) is 14.8 Å². The van der Waals surface area contributed by atoms with Gasteiger partial charge in [-0.25, -0.2) is 4.98 Å². The molecule has 0 aliphatic carbocycles. The predicted octanol–water partition coefficient (Wildman–Crippen LogP) is 1.76. The molecule has 1 fully saturated rings.